The van der Waals surface area contributed by atoms with E-state index in [-0.39, 0.29) is 24.1 Å². The first kappa shape index (κ1) is 19.0. The molecule has 0 aromatic heterocycles. The number of amides is 2. The maximum Gasteiger partial charge on any atom is 0.240 e. The van der Waals surface area contributed by atoms with Gasteiger partial charge in [0, 0.05) is 12.5 Å². The summed E-state index contributed by atoms with van der Waals surface area (Å²) in [6.07, 6.45) is -0.147. The zero-order valence-electron chi connectivity index (χ0n) is 14.4. The van der Waals surface area contributed by atoms with Crippen LogP contribution in [0.25, 0.3) is 0 Å². The number of nitrogens with one attached hydrogen (secondary N) is 2. The molecule has 1 fully saturated rings. The normalized spacial score (nSPS) is 19.0. The fourth-order valence-electron chi connectivity index (χ4n) is 2.54. The molecule has 2 atom stereocenters. The number of anilines is 1. The quantitative estimate of drug-likeness (QED) is 0.820. The summed E-state index contributed by atoms with van der Waals surface area (Å²) in [5, 5.41) is 4.80. The number of benzene rings is 2. The van der Waals surface area contributed by atoms with Gasteiger partial charge in [-0.1, -0.05) is 42.1 Å². The Hall–Kier alpha value is -2.74. The van der Waals surface area contributed by atoms with Gasteiger partial charge in [-0.3, -0.25) is 14.6 Å². The van der Waals surface area contributed by atoms with E-state index in [4.69, 9.17) is 0 Å². The Bertz CT molecular complexity index is 890. The smallest absolute Gasteiger partial charge is 0.240 e. The number of carbonyl (C=O) groups excluding carboxylic acids is 2. The van der Waals surface area contributed by atoms with Crippen LogP contribution in [-0.2, 0) is 9.59 Å². The van der Waals surface area contributed by atoms with Crippen molar-refractivity contribution in [1.82, 2.24) is 5.32 Å². The van der Waals surface area contributed by atoms with Crippen LogP contribution in [0.15, 0.2) is 53.5 Å². The van der Waals surface area contributed by atoms with Gasteiger partial charge < -0.3 is 10.6 Å². The highest BCUT2D eigenvalue weighted by atomic mass is 32.2. The predicted octanol–water partition coefficient (Wildman–Crippen LogP) is 3.64. The molecule has 1 saturated heterocycles. The van der Waals surface area contributed by atoms with E-state index in [1.165, 1.54) is 0 Å². The molecule has 0 unspecified atom stereocenters. The second-order valence-corrected chi connectivity index (χ2v) is 7.18. The van der Waals surface area contributed by atoms with Crippen molar-refractivity contribution in [3.05, 3.63) is 65.7 Å². The van der Waals surface area contributed by atoms with Crippen LogP contribution in [0.4, 0.5) is 14.5 Å². The lowest BCUT2D eigenvalue weighted by Gasteiger charge is -2.08. The van der Waals surface area contributed by atoms with Gasteiger partial charge in [0.2, 0.25) is 11.8 Å². The number of nitrogens with zero attached hydrogens (tertiary/aromatic N) is 1. The average molecular weight is 389 g/mol. The number of rotatable bonds is 5. The van der Waals surface area contributed by atoms with E-state index in [9.17, 15) is 18.4 Å². The third kappa shape index (κ3) is 4.91. The van der Waals surface area contributed by atoms with Crippen LogP contribution in [0.5, 0.6) is 0 Å². The van der Waals surface area contributed by atoms with E-state index in [0.29, 0.717) is 11.2 Å². The second-order valence-electron chi connectivity index (χ2n) is 5.99. The van der Waals surface area contributed by atoms with E-state index < -0.39 is 22.8 Å². The first-order valence-electron chi connectivity index (χ1n) is 8.27. The molecule has 2 amide bonds. The monoisotopic (exact) mass is 389 g/mol. The van der Waals surface area contributed by atoms with Crippen molar-refractivity contribution in [3.63, 3.8) is 0 Å². The van der Waals surface area contributed by atoms with Gasteiger partial charge in [-0.25, -0.2) is 8.78 Å². The number of hydrogen-bond donors (Lipinski definition) is 2. The molecule has 5 nitrogen and oxygen atoms in total. The van der Waals surface area contributed by atoms with Crippen LogP contribution in [0.1, 0.15) is 24.9 Å². The van der Waals surface area contributed by atoms with E-state index in [1.807, 2.05) is 37.3 Å². The molecule has 8 heteroatoms. The van der Waals surface area contributed by atoms with Gasteiger partial charge in [0.15, 0.2) is 5.17 Å². The molecule has 1 aliphatic heterocycles. The number of thioether (sulfide) groups is 1. The number of halogens is 2. The van der Waals surface area contributed by atoms with E-state index >= 15 is 0 Å². The van der Waals surface area contributed by atoms with Gasteiger partial charge in [0.25, 0.3) is 0 Å². The Morgan fingerprint density at radius 2 is 2.00 bits per heavy atom. The third-order valence-electron chi connectivity index (χ3n) is 3.95. The average Bonchev–Trinajstić information content (AvgIpc) is 2.97. The first-order valence-corrected chi connectivity index (χ1v) is 9.15. The van der Waals surface area contributed by atoms with Crippen molar-refractivity contribution in [3.8, 4) is 0 Å². The lowest BCUT2D eigenvalue weighted by molar-refractivity contribution is -0.122. The molecular weight excluding hydrogens is 372 g/mol. The van der Waals surface area contributed by atoms with Gasteiger partial charge in [-0.05, 0) is 24.6 Å². The van der Waals surface area contributed by atoms with Crippen LogP contribution in [0.3, 0.4) is 0 Å². The maximum absolute atomic E-state index is 13.6. The molecule has 0 saturated carbocycles. The summed E-state index contributed by atoms with van der Waals surface area (Å²) in [4.78, 5) is 28.7. The van der Waals surface area contributed by atoms with E-state index in [2.05, 4.69) is 15.6 Å². The fourth-order valence-corrected chi connectivity index (χ4v) is 3.59. The van der Waals surface area contributed by atoms with Crippen LogP contribution in [0.2, 0.25) is 0 Å². The predicted molar refractivity (Wildman–Crippen MR) is 101 cm³/mol. The standard InChI is InChI=1S/C19H17F2N3O2S/c1-11(12-5-3-2-4-6-12)22-19-24-18(26)16(27-19)10-17(25)23-15-8-7-13(20)9-14(15)21/h2-9,11,16H,10H2,1H3,(H,23,25)(H,22,24,26)/t11-,16-/m0/s1. The number of amidine groups is 1. The summed E-state index contributed by atoms with van der Waals surface area (Å²) in [6.45, 7) is 1.91. The lowest BCUT2D eigenvalue weighted by atomic mass is 10.1. The Morgan fingerprint density at radius 3 is 2.70 bits per heavy atom. The molecule has 0 bridgehead atoms. The minimum Gasteiger partial charge on any atom is -0.324 e. The van der Waals surface area contributed by atoms with Gasteiger partial charge in [0.1, 0.15) is 16.9 Å². The van der Waals surface area contributed by atoms with Crippen molar-refractivity contribution in [2.45, 2.75) is 24.6 Å². The van der Waals surface area contributed by atoms with Gasteiger partial charge in [-0.15, -0.1) is 0 Å². The molecule has 3 rings (SSSR count). The van der Waals surface area contributed by atoms with Gasteiger partial charge in [-0.2, -0.15) is 0 Å². The summed E-state index contributed by atoms with van der Waals surface area (Å²) in [5.41, 5.74) is 0.879. The number of carbonyl (C=O) groups is 2. The molecule has 2 aromatic carbocycles. The van der Waals surface area contributed by atoms with E-state index in [0.717, 1.165) is 29.5 Å². The summed E-state index contributed by atoms with van der Waals surface area (Å²) in [7, 11) is 0. The second kappa shape index (κ2) is 8.30. The molecular formula is C19H17F2N3O2S. The summed E-state index contributed by atoms with van der Waals surface area (Å²) in [6, 6.07) is 12.3. The Balaban J connectivity index is 1.60. The van der Waals surface area contributed by atoms with Crippen LogP contribution < -0.4 is 10.6 Å². The van der Waals surface area contributed by atoms with Crippen LogP contribution >= 0.6 is 11.8 Å². The van der Waals surface area contributed by atoms with Crippen molar-refractivity contribution >= 4 is 34.4 Å². The third-order valence-corrected chi connectivity index (χ3v) is 5.04. The van der Waals surface area contributed by atoms with Crippen LogP contribution in [-0.4, -0.2) is 22.2 Å². The zero-order valence-corrected chi connectivity index (χ0v) is 15.2. The van der Waals surface area contributed by atoms with Gasteiger partial charge >= 0.3 is 0 Å². The molecule has 2 N–H and O–H groups in total. The van der Waals surface area contributed by atoms with Crippen LogP contribution in [0, 0.1) is 11.6 Å². The molecule has 27 heavy (non-hydrogen) atoms. The number of aliphatic imine (C=N–C) groups is 1. The molecule has 0 spiro atoms. The van der Waals surface area contributed by atoms with Crippen molar-refractivity contribution in [1.29, 1.82) is 0 Å². The molecule has 1 heterocycles. The largest absolute Gasteiger partial charge is 0.324 e. The van der Waals surface area contributed by atoms with Gasteiger partial charge in [0.05, 0.1) is 11.7 Å². The topological polar surface area (TPSA) is 70.6 Å². The maximum atomic E-state index is 13.6. The number of hydrogen-bond acceptors (Lipinski definition) is 4. The Morgan fingerprint density at radius 1 is 1.26 bits per heavy atom. The highest BCUT2D eigenvalue weighted by Gasteiger charge is 2.32. The summed E-state index contributed by atoms with van der Waals surface area (Å²) >= 11 is 1.16. The van der Waals surface area contributed by atoms with E-state index in [1.54, 1.807) is 0 Å². The molecule has 0 aliphatic carbocycles. The molecule has 140 valence electrons. The van der Waals surface area contributed by atoms with Crippen molar-refractivity contribution in [2.75, 3.05) is 5.32 Å². The van der Waals surface area contributed by atoms with Crippen molar-refractivity contribution in [2.24, 2.45) is 4.99 Å². The lowest BCUT2D eigenvalue weighted by Crippen LogP contribution is -2.28. The minimum atomic E-state index is -0.870. The zero-order chi connectivity index (χ0) is 19.4. The summed E-state index contributed by atoms with van der Waals surface area (Å²) < 4.78 is 26.5. The Labute approximate surface area is 159 Å². The highest BCUT2D eigenvalue weighted by Crippen LogP contribution is 2.26. The SMILES string of the molecule is C[C@H](N=C1NC(=O)[C@H](CC(=O)Nc2ccc(F)cc2F)S1)c1ccccc1. The highest BCUT2D eigenvalue weighted by molar-refractivity contribution is 8.15. The molecule has 1 aliphatic rings. The minimum absolute atomic E-state index is 0.128. The van der Waals surface area contributed by atoms with Crippen molar-refractivity contribution < 1.29 is 18.4 Å². The fraction of sp³-hybridized carbons (Fsp3) is 0.211. The first-order chi connectivity index (χ1) is 12.9. The molecule has 0 radical (unpaired) electrons. The molecule has 2 aromatic rings. The Kier molecular flexibility index (Phi) is 5.85. The summed E-state index contributed by atoms with van der Waals surface area (Å²) in [5.74, 6) is -2.46.